The maximum absolute atomic E-state index is 15.1. The first-order chi connectivity index (χ1) is 47.1. The van der Waals surface area contributed by atoms with Gasteiger partial charge in [-0.2, -0.15) is 27.0 Å². The molecule has 0 radical (unpaired) electrons. The quantitative estimate of drug-likeness (QED) is 0.0531. The molecular weight excluding hydrogens is 1310 g/mol. The lowest BCUT2D eigenvalue weighted by Crippen LogP contribution is -2.75. The second-order valence-electron chi connectivity index (χ2n) is 23.9. The van der Waals surface area contributed by atoms with E-state index in [0.717, 1.165) is 51.6 Å². The second kappa shape index (κ2) is 42.1. The van der Waals surface area contributed by atoms with Gasteiger partial charge in [0.25, 0.3) is 6.04 Å². The molecule has 1 amide bonds. The summed E-state index contributed by atoms with van der Waals surface area (Å²) >= 11 is 11.1. The lowest BCUT2D eigenvalue weighted by molar-refractivity contribution is -0.164. The first-order valence-electron chi connectivity index (χ1n) is 32.4. The van der Waals surface area contributed by atoms with Crippen molar-refractivity contribution in [2.45, 2.75) is 75.8 Å². The number of alkyl halides is 2. The van der Waals surface area contributed by atoms with E-state index in [4.69, 9.17) is 45.7 Å². The van der Waals surface area contributed by atoms with Crippen LogP contribution in [0.1, 0.15) is 123 Å². The van der Waals surface area contributed by atoms with Gasteiger partial charge in [0.2, 0.25) is 5.91 Å². The first-order valence-corrected chi connectivity index (χ1v) is 33.5. The van der Waals surface area contributed by atoms with Crippen molar-refractivity contribution in [3.63, 3.8) is 0 Å². The van der Waals surface area contributed by atoms with Gasteiger partial charge in [0, 0.05) is 49.7 Å². The monoisotopic (exact) mass is 1400 g/mol. The van der Waals surface area contributed by atoms with Crippen molar-refractivity contribution in [2.24, 2.45) is 5.73 Å². The average Bonchev–Trinajstić information content (AvgIpc) is 0.721. The zero-order chi connectivity index (χ0) is 69.5. The van der Waals surface area contributed by atoms with Gasteiger partial charge in [0.15, 0.2) is 11.6 Å². The van der Waals surface area contributed by atoms with Crippen LogP contribution >= 0.6 is 50.2 Å². The molecular formula is C84H91Cl2N5O6S2. The van der Waals surface area contributed by atoms with E-state index in [-0.39, 0.29) is 93.0 Å². The molecule has 11 nitrogen and oxygen atoms in total. The summed E-state index contributed by atoms with van der Waals surface area (Å²) < 4.78 is 0. The number of nitrogens with two attached hydrogens (primary N) is 1. The highest BCUT2D eigenvalue weighted by molar-refractivity contribution is 7.59. The highest BCUT2D eigenvalue weighted by Gasteiger charge is 2.58. The molecule has 0 unspecified atom stereocenters. The number of rotatable bonds is 19. The molecule has 15 heteroatoms. The molecule has 2 atom stereocenters. The van der Waals surface area contributed by atoms with Crippen LogP contribution in [0.25, 0.3) is 4.85 Å². The Morgan fingerprint density at radius 1 is 0.475 bits per heavy atom. The number of likely N-dealkylation sites (tertiary alicyclic amines) is 2. The minimum absolute atomic E-state index is 0. The Morgan fingerprint density at radius 3 is 1.05 bits per heavy atom. The van der Waals surface area contributed by atoms with Gasteiger partial charge >= 0.3 is 5.97 Å². The van der Waals surface area contributed by atoms with Crippen LogP contribution in [0.15, 0.2) is 291 Å². The Bertz CT molecular complexity index is 3830. The Balaban J connectivity index is 0.000000275. The number of carboxylic acid groups (broad SMARTS) is 1. The fraction of sp³-hybridized carbons (Fsp3) is 0.226. The average molecular weight is 1400 g/mol. The van der Waals surface area contributed by atoms with Gasteiger partial charge in [-0.25, -0.2) is 6.57 Å². The van der Waals surface area contributed by atoms with E-state index in [9.17, 15) is 14.4 Å². The molecule has 514 valence electrons. The number of carboxylic acids is 1. The standard InChI is InChI=1S/C42H41ClN2O2.C16H15NO.C14H11N.C9H13N.C2H3ClO2.CH4O.2H2S/c1-31-23-25-33(26-24-31)32(2)45(40(47)28-43)42(39(46)27-38(34-15-7-3-8-16-34)35-17-9-4-10-18-35)29-44(30-42)41(36-19-11-5-12-20-36)37-21-13-6-14-22-37;18-15-11-17(12-15)16(13-7-3-1-4-8-13)14-9-5-2-6-10-14;1-15-14(12-8-4-2-5-9-12)13-10-6-3-7-11-13;1-7-3-5-9(6-4-7)8(2)10;3-1-2(4)5;1-2;;/h3-26,32,38,41H,27-30H2,1-2H3;1-10,16H,11-12H2;2-11,14H;3-6,8H,10H2,1-2H3;1H2,(H,4,5);2H,1H3;2*1H2/t32-;;;8-;;;;/m0..0..../s1. The minimum Gasteiger partial charge on any atom is -0.480 e. The van der Waals surface area contributed by atoms with E-state index in [1.807, 2.05) is 171 Å². The molecule has 2 heterocycles. The molecule has 10 aromatic rings. The molecule has 2 aliphatic rings. The van der Waals surface area contributed by atoms with E-state index in [0.29, 0.717) is 32.0 Å². The van der Waals surface area contributed by atoms with Crippen molar-refractivity contribution < 1.29 is 29.4 Å². The molecule has 0 spiro atoms. The number of carbonyl (C=O) groups is 4. The van der Waals surface area contributed by atoms with Gasteiger partial charge in [-0.05, 0) is 72.2 Å². The summed E-state index contributed by atoms with van der Waals surface area (Å²) in [6, 6.07) is 98.0. The summed E-state index contributed by atoms with van der Waals surface area (Å²) in [7, 11) is 1.00. The number of amides is 1. The number of hydrogen-bond donors (Lipinski definition) is 3. The number of nitrogens with zero attached hydrogens (tertiary/aromatic N) is 4. The van der Waals surface area contributed by atoms with Crippen LogP contribution in [0.2, 0.25) is 0 Å². The van der Waals surface area contributed by atoms with E-state index < -0.39 is 11.5 Å². The zero-order valence-electron chi connectivity index (χ0n) is 56.8. The first kappa shape index (κ1) is 80.8. The third-order valence-corrected chi connectivity index (χ3v) is 17.5. The Labute approximate surface area is 609 Å². The molecule has 10 aromatic carbocycles. The maximum atomic E-state index is 15.1. The number of hydrogen-bond acceptors (Lipinski definition) is 8. The van der Waals surface area contributed by atoms with E-state index in [2.05, 4.69) is 167 Å². The highest BCUT2D eigenvalue weighted by atomic mass is 35.5. The number of aliphatic hydroxyl groups is 1. The smallest absolute Gasteiger partial charge is 0.318 e. The van der Waals surface area contributed by atoms with Crippen molar-refractivity contribution in [1.29, 1.82) is 0 Å². The van der Waals surface area contributed by atoms with Gasteiger partial charge < -0.3 is 25.7 Å². The second-order valence-corrected chi connectivity index (χ2v) is 24.4. The normalized spacial score (nSPS) is 13.2. The molecule has 12 rings (SSSR count). The Morgan fingerprint density at radius 2 is 0.768 bits per heavy atom. The zero-order valence-corrected chi connectivity index (χ0v) is 60.3. The molecule has 0 saturated carbocycles. The Kier molecular flexibility index (Phi) is 34.4. The molecule has 0 aromatic heterocycles. The number of benzene rings is 10. The summed E-state index contributed by atoms with van der Waals surface area (Å²) in [6.07, 6.45) is 0.260. The number of carbonyl (C=O) groups excluding carboxylic acids is 3. The topological polar surface area (TPSA) is 149 Å². The molecule has 2 aliphatic heterocycles. The van der Waals surface area contributed by atoms with Crippen LogP contribution in [-0.4, -0.2) is 98.9 Å². The van der Waals surface area contributed by atoms with Crippen molar-refractivity contribution in [2.75, 3.05) is 45.0 Å². The maximum Gasteiger partial charge on any atom is 0.318 e. The summed E-state index contributed by atoms with van der Waals surface area (Å²) in [5.74, 6) is -1.51. The summed E-state index contributed by atoms with van der Waals surface area (Å²) in [6.45, 7) is 17.3. The number of ketones is 2. The molecule has 4 N–H and O–H groups in total. The van der Waals surface area contributed by atoms with Crippen molar-refractivity contribution >= 4 is 73.6 Å². The predicted molar refractivity (Wildman–Crippen MR) is 414 cm³/mol. The lowest BCUT2D eigenvalue weighted by atomic mass is 9.74. The van der Waals surface area contributed by atoms with Crippen molar-refractivity contribution in [3.8, 4) is 0 Å². The molecule has 99 heavy (non-hydrogen) atoms. The number of aryl methyl sites for hydroxylation is 2. The highest BCUT2D eigenvalue weighted by Crippen LogP contribution is 2.45. The van der Waals surface area contributed by atoms with Gasteiger partial charge in [0.1, 0.15) is 17.3 Å². The van der Waals surface area contributed by atoms with Gasteiger partial charge in [0.05, 0.1) is 31.2 Å². The summed E-state index contributed by atoms with van der Waals surface area (Å²) in [5.41, 5.74) is 18.2. The Hall–Kier alpha value is -8.91. The van der Waals surface area contributed by atoms with Crippen LogP contribution < -0.4 is 5.73 Å². The van der Waals surface area contributed by atoms with Crippen LogP contribution in [-0.2, 0) is 19.2 Å². The fourth-order valence-corrected chi connectivity index (χ4v) is 12.3. The molecule has 0 aliphatic carbocycles. The third-order valence-electron chi connectivity index (χ3n) is 17.1. The van der Waals surface area contributed by atoms with Crippen molar-refractivity contribution in [1.82, 2.24) is 14.7 Å². The van der Waals surface area contributed by atoms with E-state index in [1.165, 1.54) is 22.3 Å². The van der Waals surface area contributed by atoms with Gasteiger partial charge in [-0.1, -0.05) is 302 Å². The van der Waals surface area contributed by atoms with Crippen LogP contribution in [0, 0.1) is 20.4 Å². The van der Waals surface area contributed by atoms with Gasteiger partial charge in [-0.15, -0.1) is 23.2 Å². The lowest BCUT2D eigenvalue weighted by Gasteiger charge is -2.58. The summed E-state index contributed by atoms with van der Waals surface area (Å²) in [4.78, 5) is 59.6. The van der Waals surface area contributed by atoms with Crippen molar-refractivity contribution in [3.05, 3.63) is 369 Å². The SMILES string of the molecule is CO.Cc1ccc([C@H](C)N(C(=O)CCl)C2(C(=O)CC(c3ccccc3)c3ccccc3)CN(C(c3ccccc3)c3ccccc3)C2)cc1.Cc1ccc([C@H](C)N)cc1.O=C(O)CCl.O=C1CN(C(c2ccccc2)c2ccccc2)C1.S.S.[C-]#[N+]C(c1ccccc1)c1ccccc1. The molecule has 0 bridgehead atoms. The predicted octanol–water partition coefficient (Wildman–Crippen LogP) is 17.3. The molecule has 2 fully saturated rings. The number of Topliss-reactive ketones (excluding diaryl/α,β-unsaturated/α-hetero) is 2. The van der Waals surface area contributed by atoms with Crippen LogP contribution in [0.5, 0.6) is 0 Å². The third kappa shape index (κ3) is 23.1. The largest absolute Gasteiger partial charge is 0.480 e. The van der Waals surface area contributed by atoms with E-state index >= 15 is 4.79 Å². The minimum atomic E-state index is -1.07. The molecule has 2 saturated heterocycles. The van der Waals surface area contributed by atoms with Crippen LogP contribution in [0.3, 0.4) is 0 Å². The summed E-state index contributed by atoms with van der Waals surface area (Å²) in [5, 5.41) is 14.6. The van der Waals surface area contributed by atoms with E-state index in [1.54, 1.807) is 0 Å². The fourth-order valence-electron chi connectivity index (χ4n) is 12.2. The number of aliphatic carboxylic acids is 1. The number of aliphatic hydroxyl groups excluding tert-OH is 1. The van der Waals surface area contributed by atoms with Crippen LogP contribution in [0.4, 0.5) is 0 Å². The number of halogens is 2. The van der Waals surface area contributed by atoms with Gasteiger partial charge in [-0.3, -0.25) is 29.0 Å².